The van der Waals surface area contributed by atoms with Crippen molar-refractivity contribution in [2.24, 2.45) is 0 Å². The van der Waals surface area contributed by atoms with Gasteiger partial charge >= 0.3 is 0 Å². The maximum absolute atomic E-state index is 2.33. The monoisotopic (exact) mass is 190 g/mol. The lowest BCUT2D eigenvalue weighted by molar-refractivity contribution is 0.814. The summed E-state index contributed by atoms with van der Waals surface area (Å²) in [5.74, 6) is 1.26. The Labute approximate surface area is 88.4 Å². The molecule has 0 unspecified atom stereocenters. The Balaban J connectivity index is 3.32. The average Bonchev–Trinajstić information content (AvgIpc) is 2.07. The van der Waals surface area contributed by atoms with Crippen LogP contribution in [0.5, 0.6) is 0 Å². The Morgan fingerprint density at radius 3 is 1.43 bits per heavy atom. The zero-order valence-electron chi connectivity index (χ0n) is 10.3. The zero-order chi connectivity index (χ0) is 10.9. The molecule has 0 amide bonds. The third kappa shape index (κ3) is 2.17. The summed E-state index contributed by atoms with van der Waals surface area (Å²) >= 11 is 0. The van der Waals surface area contributed by atoms with Gasteiger partial charge in [-0.2, -0.15) is 0 Å². The second-order valence-corrected chi connectivity index (χ2v) is 4.88. The molecule has 1 aromatic carbocycles. The molecule has 0 nitrogen and oxygen atoms in total. The minimum absolute atomic E-state index is 0.632. The van der Waals surface area contributed by atoms with Gasteiger partial charge in [-0.05, 0) is 42.4 Å². The highest BCUT2D eigenvalue weighted by atomic mass is 14.2. The molecule has 0 aliphatic carbocycles. The summed E-state index contributed by atoms with van der Waals surface area (Å²) in [6.07, 6.45) is 0. The van der Waals surface area contributed by atoms with Crippen molar-refractivity contribution in [1.29, 1.82) is 0 Å². The first-order chi connectivity index (χ1) is 6.43. The van der Waals surface area contributed by atoms with Crippen LogP contribution in [0.2, 0.25) is 0 Å². The second-order valence-electron chi connectivity index (χ2n) is 4.88. The van der Waals surface area contributed by atoms with Gasteiger partial charge in [-0.1, -0.05) is 45.4 Å². The minimum Gasteiger partial charge on any atom is -0.0587 e. The molecule has 0 radical (unpaired) electrons. The third-order valence-corrected chi connectivity index (χ3v) is 2.88. The van der Waals surface area contributed by atoms with Crippen molar-refractivity contribution in [3.63, 3.8) is 0 Å². The fourth-order valence-corrected chi connectivity index (χ4v) is 2.11. The molecule has 78 valence electrons. The molecule has 0 aliphatic rings. The predicted molar refractivity (Wildman–Crippen MR) is 64.1 cm³/mol. The highest BCUT2D eigenvalue weighted by molar-refractivity contribution is 5.41. The normalized spacial score (nSPS) is 11.4. The maximum Gasteiger partial charge on any atom is -0.0216 e. The molecule has 1 rings (SSSR count). The summed E-state index contributed by atoms with van der Waals surface area (Å²) in [4.78, 5) is 0. The number of aryl methyl sites for hydroxylation is 1. The lowest BCUT2D eigenvalue weighted by Crippen LogP contribution is -2.00. The van der Waals surface area contributed by atoms with Crippen LogP contribution in [0.1, 0.15) is 61.8 Å². The van der Waals surface area contributed by atoms with E-state index in [1.165, 1.54) is 22.3 Å². The van der Waals surface area contributed by atoms with E-state index in [2.05, 4.69) is 53.7 Å². The second kappa shape index (κ2) is 4.16. The summed E-state index contributed by atoms with van der Waals surface area (Å²) in [5, 5.41) is 0. The van der Waals surface area contributed by atoms with Crippen LogP contribution in [0.15, 0.2) is 12.1 Å². The molecule has 1 aromatic rings. The van der Waals surface area contributed by atoms with Gasteiger partial charge in [0, 0.05) is 0 Å². The van der Waals surface area contributed by atoms with E-state index in [0.717, 1.165) is 0 Å². The first-order valence-electron chi connectivity index (χ1n) is 5.54. The Kier molecular flexibility index (Phi) is 3.36. The highest BCUT2D eigenvalue weighted by Gasteiger charge is 2.10. The highest BCUT2D eigenvalue weighted by Crippen LogP contribution is 2.28. The number of benzene rings is 1. The molecule has 14 heavy (non-hydrogen) atoms. The van der Waals surface area contributed by atoms with Crippen molar-refractivity contribution < 1.29 is 0 Å². The number of hydrogen-bond acceptors (Lipinski definition) is 0. The van der Waals surface area contributed by atoms with E-state index in [4.69, 9.17) is 0 Å². The molecule has 0 N–H and O–H groups in total. The van der Waals surface area contributed by atoms with Gasteiger partial charge < -0.3 is 0 Å². The van der Waals surface area contributed by atoms with Gasteiger partial charge in [-0.25, -0.2) is 0 Å². The van der Waals surface area contributed by atoms with E-state index in [1.807, 2.05) is 0 Å². The summed E-state index contributed by atoms with van der Waals surface area (Å²) in [7, 11) is 0. The largest absolute Gasteiger partial charge is 0.0587 e. The van der Waals surface area contributed by atoms with Crippen molar-refractivity contribution in [1.82, 2.24) is 0 Å². The van der Waals surface area contributed by atoms with Crippen LogP contribution in [-0.4, -0.2) is 0 Å². The molecule has 0 spiro atoms. The van der Waals surface area contributed by atoms with Crippen LogP contribution in [0, 0.1) is 13.8 Å². The molecule has 0 saturated heterocycles. The zero-order valence-corrected chi connectivity index (χ0v) is 10.3. The minimum atomic E-state index is 0.632. The summed E-state index contributed by atoms with van der Waals surface area (Å²) in [6.45, 7) is 13.5. The molecular weight excluding hydrogens is 168 g/mol. The average molecular weight is 190 g/mol. The van der Waals surface area contributed by atoms with Crippen LogP contribution in [0.25, 0.3) is 0 Å². The molecule has 0 saturated carbocycles. The third-order valence-electron chi connectivity index (χ3n) is 2.88. The van der Waals surface area contributed by atoms with Gasteiger partial charge in [0.1, 0.15) is 0 Å². The van der Waals surface area contributed by atoms with Crippen LogP contribution < -0.4 is 0 Å². The molecule has 0 heteroatoms. The Morgan fingerprint density at radius 2 is 1.14 bits per heavy atom. The van der Waals surface area contributed by atoms with E-state index in [9.17, 15) is 0 Å². The van der Waals surface area contributed by atoms with Gasteiger partial charge in [0.15, 0.2) is 0 Å². The molecule has 0 aliphatic heterocycles. The first kappa shape index (κ1) is 11.3. The van der Waals surface area contributed by atoms with Gasteiger partial charge in [-0.15, -0.1) is 0 Å². The van der Waals surface area contributed by atoms with E-state index in [1.54, 1.807) is 0 Å². The van der Waals surface area contributed by atoms with Crippen molar-refractivity contribution in [2.75, 3.05) is 0 Å². The van der Waals surface area contributed by atoms with Crippen LogP contribution in [-0.2, 0) is 0 Å². The summed E-state index contributed by atoms with van der Waals surface area (Å²) in [6, 6.07) is 4.65. The summed E-state index contributed by atoms with van der Waals surface area (Å²) < 4.78 is 0. The van der Waals surface area contributed by atoms with Crippen molar-refractivity contribution in [3.05, 3.63) is 34.4 Å². The quantitative estimate of drug-likeness (QED) is 0.641. The predicted octanol–water partition coefficient (Wildman–Crippen LogP) is 4.55. The fraction of sp³-hybridized carbons (Fsp3) is 0.571. The van der Waals surface area contributed by atoms with E-state index < -0.39 is 0 Å². The van der Waals surface area contributed by atoms with Gasteiger partial charge in [0.2, 0.25) is 0 Å². The fourth-order valence-electron chi connectivity index (χ4n) is 2.11. The van der Waals surface area contributed by atoms with Gasteiger partial charge in [0.25, 0.3) is 0 Å². The van der Waals surface area contributed by atoms with Crippen LogP contribution in [0.4, 0.5) is 0 Å². The van der Waals surface area contributed by atoms with Gasteiger partial charge in [0.05, 0.1) is 0 Å². The lowest BCUT2D eigenvalue weighted by Gasteiger charge is -2.17. The summed E-state index contributed by atoms with van der Waals surface area (Å²) in [5.41, 5.74) is 5.89. The first-order valence-corrected chi connectivity index (χ1v) is 5.54. The van der Waals surface area contributed by atoms with Crippen molar-refractivity contribution in [2.45, 2.75) is 53.4 Å². The van der Waals surface area contributed by atoms with Crippen LogP contribution in [0.3, 0.4) is 0 Å². The smallest absolute Gasteiger partial charge is 0.0216 e. The molecule has 0 atom stereocenters. The Hall–Kier alpha value is -0.780. The molecule has 0 aromatic heterocycles. The van der Waals surface area contributed by atoms with Gasteiger partial charge in [-0.3, -0.25) is 0 Å². The standard InChI is InChI=1S/C14H22/c1-9(2)13-7-11(5)8-14(10(3)4)12(13)6/h7-10H,1-6H3. The SMILES string of the molecule is Cc1cc(C(C)C)c(C)c(C(C)C)c1. The lowest BCUT2D eigenvalue weighted by atomic mass is 9.88. The topological polar surface area (TPSA) is 0 Å². The number of hydrogen-bond donors (Lipinski definition) is 0. The number of rotatable bonds is 2. The molecule has 0 heterocycles. The van der Waals surface area contributed by atoms with Crippen molar-refractivity contribution in [3.8, 4) is 0 Å². The van der Waals surface area contributed by atoms with Crippen LogP contribution >= 0.6 is 0 Å². The van der Waals surface area contributed by atoms with E-state index in [0.29, 0.717) is 11.8 Å². The molecular formula is C14H22. The Bertz CT molecular complexity index is 290. The Morgan fingerprint density at radius 1 is 0.786 bits per heavy atom. The van der Waals surface area contributed by atoms with E-state index in [-0.39, 0.29) is 0 Å². The molecule has 0 bridgehead atoms. The van der Waals surface area contributed by atoms with Crippen molar-refractivity contribution >= 4 is 0 Å². The van der Waals surface area contributed by atoms with E-state index >= 15 is 0 Å². The maximum atomic E-state index is 2.33. The molecule has 0 fully saturated rings.